The van der Waals surface area contributed by atoms with E-state index in [0.717, 1.165) is 77.2 Å². The number of fused-ring (bicyclic) bond motifs is 9. The summed E-state index contributed by atoms with van der Waals surface area (Å²) in [6.45, 7) is 0. The van der Waals surface area contributed by atoms with Gasteiger partial charge in [-0.15, -0.1) is 0 Å². The summed E-state index contributed by atoms with van der Waals surface area (Å²) in [7, 11) is 0. The zero-order chi connectivity index (χ0) is 35.6. The minimum atomic E-state index is 0.560. The molecule has 0 atom stereocenters. The first-order chi connectivity index (χ1) is 26.8. The SMILES string of the molecule is c1ccc(-c2nc(-c3ccccc3)nc(-n3c4ccccc4c4cc5c6ccccc6c6c(nc(-c7ccccc7)n6-c6ccccc6)c5cc43)n2)cc1. The molecule has 0 spiro atoms. The van der Waals surface area contributed by atoms with Gasteiger partial charge in [-0.25, -0.2) is 9.97 Å². The van der Waals surface area contributed by atoms with Gasteiger partial charge in [0.05, 0.1) is 22.1 Å². The third-order valence-corrected chi connectivity index (χ3v) is 10.4. The molecule has 11 aromatic rings. The van der Waals surface area contributed by atoms with Crippen LogP contribution in [0.4, 0.5) is 0 Å². The van der Waals surface area contributed by atoms with Gasteiger partial charge in [0, 0.05) is 43.9 Å². The van der Waals surface area contributed by atoms with E-state index in [9.17, 15) is 0 Å². The standard InChI is InChI=1S/C48H30N6/c1-5-17-31(18-6-1)45-50-46(32-19-7-2-8-20-32)52-48(51-45)54-41-28-16-15-26-36(41)39-29-38-35-25-13-14-27-37(35)44-43(40(38)30-42(39)54)49-47(33-21-9-3-10-22-33)53(44)34-23-11-4-12-24-34/h1-30H. The van der Waals surface area contributed by atoms with Gasteiger partial charge in [-0.2, -0.15) is 9.97 Å². The molecule has 6 nitrogen and oxygen atoms in total. The Kier molecular flexibility index (Phi) is 6.75. The highest BCUT2D eigenvalue weighted by Crippen LogP contribution is 2.43. The predicted octanol–water partition coefficient (Wildman–Crippen LogP) is 11.6. The third-order valence-electron chi connectivity index (χ3n) is 10.4. The second-order valence-electron chi connectivity index (χ2n) is 13.5. The van der Waals surface area contributed by atoms with Gasteiger partial charge in [0.2, 0.25) is 5.95 Å². The summed E-state index contributed by atoms with van der Waals surface area (Å²) >= 11 is 0. The number of benzene rings is 8. The van der Waals surface area contributed by atoms with E-state index < -0.39 is 0 Å². The fraction of sp³-hybridized carbons (Fsp3) is 0. The van der Waals surface area contributed by atoms with Crippen LogP contribution in [0.1, 0.15) is 0 Å². The molecular formula is C48H30N6. The largest absolute Gasteiger partial charge is 0.292 e. The number of hydrogen-bond acceptors (Lipinski definition) is 4. The van der Waals surface area contributed by atoms with Gasteiger partial charge in [0.1, 0.15) is 5.82 Å². The van der Waals surface area contributed by atoms with Crippen LogP contribution in [0, 0.1) is 0 Å². The molecule has 3 aromatic heterocycles. The molecule has 0 radical (unpaired) electrons. The van der Waals surface area contributed by atoms with E-state index in [1.807, 2.05) is 66.7 Å². The molecule has 8 aromatic carbocycles. The lowest BCUT2D eigenvalue weighted by molar-refractivity contribution is 0.954. The lowest BCUT2D eigenvalue weighted by Crippen LogP contribution is -2.06. The smallest absolute Gasteiger partial charge is 0.238 e. The first kappa shape index (κ1) is 30.2. The number of hydrogen-bond donors (Lipinski definition) is 0. The summed E-state index contributed by atoms with van der Waals surface area (Å²) < 4.78 is 4.51. The van der Waals surface area contributed by atoms with Crippen molar-refractivity contribution in [2.24, 2.45) is 0 Å². The summed E-state index contributed by atoms with van der Waals surface area (Å²) in [6, 6.07) is 63.1. The van der Waals surface area contributed by atoms with Crippen LogP contribution in [0.15, 0.2) is 182 Å². The van der Waals surface area contributed by atoms with Crippen molar-refractivity contribution >= 4 is 54.4 Å². The van der Waals surface area contributed by atoms with E-state index in [1.165, 1.54) is 5.39 Å². The topological polar surface area (TPSA) is 61.4 Å². The van der Waals surface area contributed by atoms with Crippen molar-refractivity contribution in [3.63, 3.8) is 0 Å². The lowest BCUT2D eigenvalue weighted by Gasteiger charge is -2.13. The van der Waals surface area contributed by atoms with Gasteiger partial charge in [-0.3, -0.25) is 9.13 Å². The van der Waals surface area contributed by atoms with Crippen LogP contribution < -0.4 is 0 Å². The third kappa shape index (κ3) is 4.67. The summed E-state index contributed by atoms with van der Waals surface area (Å²) in [5, 5.41) is 6.79. The van der Waals surface area contributed by atoms with Crippen LogP contribution in [-0.4, -0.2) is 29.1 Å². The second-order valence-corrected chi connectivity index (χ2v) is 13.5. The van der Waals surface area contributed by atoms with Crippen molar-refractivity contribution < 1.29 is 0 Å². The van der Waals surface area contributed by atoms with Crippen molar-refractivity contribution in [1.82, 2.24) is 29.1 Å². The molecule has 11 rings (SSSR count). The van der Waals surface area contributed by atoms with Gasteiger partial charge >= 0.3 is 0 Å². The number of rotatable bonds is 5. The highest BCUT2D eigenvalue weighted by Gasteiger charge is 2.23. The summed E-state index contributed by atoms with van der Waals surface area (Å²) in [5.41, 5.74) is 8.00. The van der Waals surface area contributed by atoms with Gasteiger partial charge in [-0.05, 0) is 41.1 Å². The molecule has 0 saturated carbocycles. The van der Waals surface area contributed by atoms with Crippen LogP contribution in [-0.2, 0) is 0 Å². The van der Waals surface area contributed by atoms with Crippen LogP contribution in [0.25, 0.3) is 100 Å². The Hall–Kier alpha value is -7.44. The Labute approximate surface area is 310 Å². The molecule has 0 aliphatic carbocycles. The number of aromatic nitrogens is 6. The first-order valence-electron chi connectivity index (χ1n) is 18.1. The molecule has 0 fully saturated rings. The van der Waals surface area contributed by atoms with Crippen molar-refractivity contribution in [3.05, 3.63) is 182 Å². The molecule has 0 aliphatic heterocycles. The van der Waals surface area contributed by atoms with Gasteiger partial charge in [0.15, 0.2) is 11.6 Å². The van der Waals surface area contributed by atoms with Crippen LogP contribution in [0.3, 0.4) is 0 Å². The second kappa shape index (κ2) is 12.1. The summed E-state index contributed by atoms with van der Waals surface area (Å²) in [4.78, 5) is 20.9. The Balaban J connectivity index is 1.29. The molecule has 0 unspecified atom stereocenters. The first-order valence-corrected chi connectivity index (χ1v) is 18.1. The minimum absolute atomic E-state index is 0.560. The molecule has 252 valence electrons. The van der Waals surface area contributed by atoms with Crippen molar-refractivity contribution in [2.75, 3.05) is 0 Å². The molecule has 0 saturated heterocycles. The summed E-state index contributed by atoms with van der Waals surface area (Å²) in [5.74, 6) is 2.69. The molecule has 3 heterocycles. The maximum Gasteiger partial charge on any atom is 0.238 e. The fourth-order valence-electron chi connectivity index (χ4n) is 7.94. The predicted molar refractivity (Wildman–Crippen MR) is 220 cm³/mol. The number of nitrogens with zero attached hydrogens (tertiary/aromatic N) is 6. The van der Waals surface area contributed by atoms with Crippen LogP contribution in [0.5, 0.6) is 0 Å². The van der Waals surface area contributed by atoms with E-state index in [4.69, 9.17) is 19.9 Å². The molecular weight excluding hydrogens is 661 g/mol. The van der Waals surface area contributed by atoms with E-state index in [2.05, 4.69) is 124 Å². The average molecular weight is 691 g/mol. The van der Waals surface area contributed by atoms with Crippen molar-refractivity contribution in [2.45, 2.75) is 0 Å². The lowest BCUT2D eigenvalue weighted by atomic mass is 9.97. The van der Waals surface area contributed by atoms with Gasteiger partial charge in [-0.1, -0.05) is 152 Å². The zero-order valence-corrected chi connectivity index (χ0v) is 29.0. The van der Waals surface area contributed by atoms with E-state index in [0.29, 0.717) is 17.6 Å². The fourth-order valence-corrected chi connectivity index (χ4v) is 7.94. The average Bonchev–Trinajstić information content (AvgIpc) is 3.81. The Morgan fingerprint density at radius 2 is 0.870 bits per heavy atom. The molecule has 0 aliphatic rings. The molecule has 0 amide bonds. The van der Waals surface area contributed by atoms with E-state index >= 15 is 0 Å². The van der Waals surface area contributed by atoms with Crippen LogP contribution in [0.2, 0.25) is 0 Å². The van der Waals surface area contributed by atoms with Crippen molar-refractivity contribution in [1.29, 1.82) is 0 Å². The Morgan fingerprint density at radius 3 is 1.52 bits per heavy atom. The van der Waals surface area contributed by atoms with E-state index in [1.54, 1.807) is 0 Å². The normalized spacial score (nSPS) is 11.7. The zero-order valence-electron chi connectivity index (χ0n) is 29.0. The van der Waals surface area contributed by atoms with E-state index in [-0.39, 0.29) is 0 Å². The molecule has 54 heavy (non-hydrogen) atoms. The monoisotopic (exact) mass is 690 g/mol. The highest BCUT2D eigenvalue weighted by atomic mass is 15.2. The molecule has 0 N–H and O–H groups in total. The highest BCUT2D eigenvalue weighted by molar-refractivity contribution is 6.28. The van der Waals surface area contributed by atoms with Gasteiger partial charge < -0.3 is 0 Å². The van der Waals surface area contributed by atoms with Crippen molar-refractivity contribution in [3.8, 4) is 45.8 Å². The Bertz CT molecular complexity index is 3130. The minimum Gasteiger partial charge on any atom is -0.292 e. The van der Waals surface area contributed by atoms with Crippen LogP contribution >= 0.6 is 0 Å². The molecule has 6 heteroatoms. The number of para-hydroxylation sites is 2. The maximum absolute atomic E-state index is 5.52. The maximum atomic E-state index is 5.52. The quantitative estimate of drug-likeness (QED) is 0.169. The Morgan fingerprint density at radius 1 is 0.333 bits per heavy atom. The summed E-state index contributed by atoms with van der Waals surface area (Å²) in [6.07, 6.45) is 0. The molecule has 0 bridgehead atoms. The number of imidazole rings is 1. The van der Waals surface area contributed by atoms with Gasteiger partial charge in [0.25, 0.3) is 0 Å².